The van der Waals surface area contributed by atoms with Crippen LogP contribution in [0.5, 0.6) is 0 Å². The van der Waals surface area contributed by atoms with E-state index in [-0.39, 0.29) is 5.91 Å². The van der Waals surface area contributed by atoms with Crippen LogP contribution in [-0.2, 0) is 12.8 Å². The lowest BCUT2D eigenvalue weighted by atomic mass is 10.0. The lowest BCUT2D eigenvalue weighted by Gasteiger charge is -2.31. The van der Waals surface area contributed by atoms with E-state index in [1.54, 1.807) is 6.20 Å². The minimum atomic E-state index is 0.0274. The van der Waals surface area contributed by atoms with Gasteiger partial charge in [0, 0.05) is 30.7 Å². The number of aromatic nitrogens is 1. The largest absolute Gasteiger partial charge is 0.340 e. The minimum absolute atomic E-state index is 0.0274. The standard InChI is InChI=1S/C23H21N3O/c27-23(26-13-11-18-7-2-4-10-22(18)26)19-14-20(16-24-15-19)25-12-5-8-17-6-1-3-9-21(17)25/h1-4,6-7,9-10,14-16H,5,8,11-13H2. The molecule has 4 heteroatoms. The number of pyridine rings is 1. The highest BCUT2D eigenvalue weighted by Crippen LogP contribution is 2.34. The number of carbonyl (C=O) groups excluding carboxylic acids is 1. The van der Waals surface area contributed by atoms with E-state index in [4.69, 9.17) is 0 Å². The number of amides is 1. The number of hydrogen-bond acceptors (Lipinski definition) is 3. The first-order valence-corrected chi connectivity index (χ1v) is 9.51. The van der Waals surface area contributed by atoms with Crippen molar-refractivity contribution in [3.05, 3.63) is 83.7 Å². The molecule has 0 bridgehead atoms. The van der Waals surface area contributed by atoms with Gasteiger partial charge in [-0.1, -0.05) is 36.4 Å². The summed E-state index contributed by atoms with van der Waals surface area (Å²) in [6.45, 7) is 1.68. The van der Waals surface area contributed by atoms with Crippen LogP contribution in [0.4, 0.5) is 17.1 Å². The summed E-state index contributed by atoms with van der Waals surface area (Å²) in [4.78, 5) is 21.7. The smallest absolute Gasteiger partial charge is 0.259 e. The van der Waals surface area contributed by atoms with Gasteiger partial charge in [0.05, 0.1) is 17.4 Å². The SMILES string of the molecule is O=C(c1cncc(N2CCCc3ccccc32)c1)N1CCc2ccccc21. The van der Waals surface area contributed by atoms with Gasteiger partial charge >= 0.3 is 0 Å². The Balaban J connectivity index is 1.48. The summed E-state index contributed by atoms with van der Waals surface area (Å²) >= 11 is 0. The molecule has 2 aliphatic heterocycles. The molecule has 0 saturated heterocycles. The fourth-order valence-corrected chi connectivity index (χ4v) is 4.20. The van der Waals surface area contributed by atoms with Crippen LogP contribution < -0.4 is 9.80 Å². The number of fused-ring (bicyclic) bond motifs is 2. The molecular formula is C23H21N3O. The first-order chi connectivity index (χ1) is 13.3. The Morgan fingerprint density at radius 3 is 2.44 bits per heavy atom. The molecule has 0 unspecified atom stereocenters. The van der Waals surface area contributed by atoms with Crippen LogP contribution in [0.3, 0.4) is 0 Å². The van der Waals surface area contributed by atoms with Gasteiger partial charge < -0.3 is 9.80 Å². The fraction of sp³-hybridized carbons (Fsp3) is 0.217. The molecule has 0 radical (unpaired) electrons. The first kappa shape index (κ1) is 16.1. The van der Waals surface area contributed by atoms with Crippen molar-refractivity contribution >= 4 is 23.0 Å². The summed E-state index contributed by atoms with van der Waals surface area (Å²) < 4.78 is 0. The van der Waals surface area contributed by atoms with E-state index in [1.807, 2.05) is 35.4 Å². The van der Waals surface area contributed by atoms with Crippen LogP contribution in [0.25, 0.3) is 0 Å². The Morgan fingerprint density at radius 2 is 1.59 bits per heavy atom. The van der Waals surface area contributed by atoms with Crippen molar-refractivity contribution in [1.29, 1.82) is 0 Å². The summed E-state index contributed by atoms with van der Waals surface area (Å²) in [5.74, 6) is 0.0274. The molecule has 134 valence electrons. The van der Waals surface area contributed by atoms with Gasteiger partial charge in [0.2, 0.25) is 0 Å². The maximum atomic E-state index is 13.2. The number of nitrogens with zero attached hydrogens (tertiary/aromatic N) is 3. The number of anilines is 3. The molecule has 0 spiro atoms. The van der Waals surface area contributed by atoms with Gasteiger partial charge in [0.1, 0.15) is 0 Å². The van der Waals surface area contributed by atoms with Gasteiger partial charge in [-0.3, -0.25) is 9.78 Å². The van der Waals surface area contributed by atoms with Crippen LogP contribution in [0.2, 0.25) is 0 Å². The molecule has 2 aromatic carbocycles. The van der Waals surface area contributed by atoms with E-state index in [9.17, 15) is 4.79 Å². The topological polar surface area (TPSA) is 36.4 Å². The third kappa shape index (κ3) is 2.78. The Hall–Kier alpha value is -3.14. The van der Waals surface area contributed by atoms with Crippen molar-refractivity contribution in [3.8, 4) is 0 Å². The van der Waals surface area contributed by atoms with Gasteiger partial charge in [-0.15, -0.1) is 0 Å². The average molecular weight is 355 g/mol. The van der Waals surface area contributed by atoms with Crippen molar-refractivity contribution in [2.75, 3.05) is 22.9 Å². The molecule has 0 aliphatic carbocycles. The van der Waals surface area contributed by atoms with Crippen molar-refractivity contribution in [1.82, 2.24) is 4.98 Å². The maximum Gasteiger partial charge on any atom is 0.259 e. The zero-order valence-corrected chi connectivity index (χ0v) is 15.1. The Morgan fingerprint density at radius 1 is 0.852 bits per heavy atom. The van der Waals surface area contributed by atoms with Crippen molar-refractivity contribution in [2.24, 2.45) is 0 Å². The average Bonchev–Trinajstić information content (AvgIpc) is 3.17. The molecule has 4 nitrogen and oxygen atoms in total. The highest BCUT2D eigenvalue weighted by molar-refractivity contribution is 6.07. The normalized spacial score (nSPS) is 15.4. The van der Waals surface area contributed by atoms with E-state index in [0.29, 0.717) is 5.56 Å². The van der Waals surface area contributed by atoms with Crippen molar-refractivity contribution < 1.29 is 4.79 Å². The number of hydrogen-bond donors (Lipinski definition) is 0. The number of benzene rings is 2. The van der Waals surface area contributed by atoms with E-state index in [0.717, 1.165) is 43.7 Å². The van der Waals surface area contributed by atoms with Crippen molar-refractivity contribution in [2.45, 2.75) is 19.3 Å². The lowest BCUT2D eigenvalue weighted by Crippen LogP contribution is -2.29. The third-order valence-electron chi connectivity index (χ3n) is 5.52. The zero-order chi connectivity index (χ0) is 18.2. The van der Waals surface area contributed by atoms with Crippen LogP contribution in [-0.4, -0.2) is 24.0 Å². The molecule has 3 aromatic rings. The van der Waals surface area contributed by atoms with Gasteiger partial charge in [-0.2, -0.15) is 0 Å². The minimum Gasteiger partial charge on any atom is -0.340 e. The molecule has 5 rings (SSSR count). The fourth-order valence-electron chi connectivity index (χ4n) is 4.20. The second kappa shape index (κ2) is 6.54. The zero-order valence-electron chi connectivity index (χ0n) is 15.1. The number of para-hydroxylation sites is 2. The van der Waals surface area contributed by atoms with E-state index in [1.165, 1.54) is 16.8 Å². The van der Waals surface area contributed by atoms with E-state index >= 15 is 0 Å². The number of carbonyl (C=O) groups is 1. The van der Waals surface area contributed by atoms with Gasteiger partial charge in [-0.25, -0.2) is 0 Å². The Bertz CT molecular complexity index is 1010. The number of aryl methyl sites for hydroxylation is 1. The van der Waals surface area contributed by atoms with E-state index in [2.05, 4.69) is 40.2 Å². The highest BCUT2D eigenvalue weighted by Gasteiger charge is 2.26. The van der Waals surface area contributed by atoms with Crippen LogP contribution >= 0.6 is 0 Å². The summed E-state index contributed by atoms with van der Waals surface area (Å²) in [6, 6.07) is 18.6. The van der Waals surface area contributed by atoms with Crippen LogP contribution in [0.15, 0.2) is 67.0 Å². The molecule has 1 aromatic heterocycles. The highest BCUT2D eigenvalue weighted by atomic mass is 16.2. The van der Waals surface area contributed by atoms with Gasteiger partial charge in [-0.05, 0) is 48.6 Å². The number of rotatable bonds is 2. The molecule has 2 aliphatic rings. The van der Waals surface area contributed by atoms with E-state index < -0.39 is 0 Å². The second-order valence-electron chi connectivity index (χ2n) is 7.15. The summed E-state index contributed by atoms with van der Waals surface area (Å²) in [5.41, 5.74) is 6.47. The predicted molar refractivity (Wildman–Crippen MR) is 108 cm³/mol. The van der Waals surface area contributed by atoms with Gasteiger partial charge in [0.15, 0.2) is 0 Å². The molecule has 27 heavy (non-hydrogen) atoms. The lowest BCUT2D eigenvalue weighted by molar-refractivity contribution is 0.0989. The molecule has 1 amide bonds. The summed E-state index contributed by atoms with van der Waals surface area (Å²) in [7, 11) is 0. The Kier molecular flexibility index (Phi) is 3.89. The summed E-state index contributed by atoms with van der Waals surface area (Å²) in [6.07, 6.45) is 6.66. The van der Waals surface area contributed by atoms with Crippen LogP contribution in [0.1, 0.15) is 27.9 Å². The van der Waals surface area contributed by atoms with Crippen molar-refractivity contribution in [3.63, 3.8) is 0 Å². The maximum absolute atomic E-state index is 13.2. The second-order valence-corrected chi connectivity index (χ2v) is 7.15. The quantitative estimate of drug-likeness (QED) is 0.685. The third-order valence-corrected chi connectivity index (χ3v) is 5.52. The molecule has 0 atom stereocenters. The molecule has 0 saturated carbocycles. The summed E-state index contributed by atoms with van der Waals surface area (Å²) in [5, 5.41) is 0. The molecule has 3 heterocycles. The first-order valence-electron chi connectivity index (χ1n) is 9.51. The van der Waals surface area contributed by atoms with Crippen LogP contribution in [0, 0.1) is 0 Å². The Labute approximate surface area is 159 Å². The molecule has 0 N–H and O–H groups in total. The molecule has 0 fully saturated rings. The van der Waals surface area contributed by atoms with Gasteiger partial charge in [0.25, 0.3) is 5.91 Å². The molecular weight excluding hydrogens is 334 g/mol. The predicted octanol–water partition coefficient (Wildman–Crippen LogP) is 4.37. The monoisotopic (exact) mass is 355 g/mol.